The van der Waals surface area contributed by atoms with Crippen molar-refractivity contribution in [1.82, 2.24) is 9.88 Å². The number of pyridine rings is 1. The van der Waals surface area contributed by atoms with Crippen molar-refractivity contribution in [2.24, 2.45) is 0 Å². The highest BCUT2D eigenvalue weighted by atomic mass is 35.5. The number of hydrogen-bond acceptors (Lipinski definition) is 4. The third kappa shape index (κ3) is 3.92. The highest BCUT2D eigenvalue weighted by molar-refractivity contribution is 6.32. The monoisotopic (exact) mass is 308 g/mol. The molecule has 0 atom stereocenters. The fourth-order valence-corrected chi connectivity index (χ4v) is 2.57. The van der Waals surface area contributed by atoms with E-state index in [0.29, 0.717) is 24.7 Å². The lowest BCUT2D eigenvalue weighted by molar-refractivity contribution is 0.126. The molecule has 0 bridgehead atoms. The molecule has 0 saturated carbocycles. The number of hydrogen-bond donors (Lipinski definition) is 1. The Bertz CT molecular complexity index is 604. The topological polar surface area (TPSA) is 45.6 Å². The molecule has 114 valence electrons. The van der Waals surface area contributed by atoms with E-state index in [1.165, 1.54) is 0 Å². The van der Waals surface area contributed by atoms with Crippen molar-refractivity contribution >= 4 is 22.5 Å². The van der Waals surface area contributed by atoms with Crippen LogP contribution in [0.1, 0.15) is 11.3 Å². The number of para-hydroxylation sites is 1. The third-order valence-electron chi connectivity index (χ3n) is 3.55. The van der Waals surface area contributed by atoms with Gasteiger partial charge in [0.15, 0.2) is 0 Å². The Morgan fingerprint density at radius 2 is 2.05 bits per heavy atom. The summed E-state index contributed by atoms with van der Waals surface area (Å²) in [5, 5.41) is 11.0. The fraction of sp³-hybridized carbons (Fsp3) is 0.438. The van der Waals surface area contributed by atoms with Gasteiger partial charge in [-0.15, -0.1) is 0 Å². The molecule has 2 rings (SSSR count). The molecule has 21 heavy (non-hydrogen) atoms. The lowest BCUT2D eigenvalue weighted by Crippen LogP contribution is -2.30. The quantitative estimate of drug-likeness (QED) is 0.854. The lowest BCUT2D eigenvalue weighted by atomic mass is 10.1. The van der Waals surface area contributed by atoms with Crippen molar-refractivity contribution in [3.63, 3.8) is 0 Å². The Morgan fingerprint density at radius 3 is 2.76 bits per heavy atom. The van der Waals surface area contributed by atoms with Crippen LogP contribution < -0.4 is 0 Å². The second kappa shape index (κ2) is 7.71. The fourth-order valence-electron chi connectivity index (χ4n) is 2.37. The first kappa shape index (κ1) is 16.2. The molecule has 2 aromatic rings. The molecule has 0 spiro atoms. The van der Waals surface area contributed by atoms with Crippen LogP contribution in [0.3, 0.4) is 0 Å². The minimum atomic E-state index is 0.105. The molecule has 5 heteroatoms. The number of methoxy groups -OCH3 is 1. The zero-order chi connectivity index (χ0) is 15.2. The predicted molar refractivity (Wildman–Crippen MR) is 85.7 cm³/mol. The van der Waals surface area contributed by atoms with Gasteiger partial charge < -0.3 is 9.84 Å². The van der Waals surface area contributed by atoms with Crippen LogP contribution >= 0.6 is 11.6 Å². The van der Waals surface area contributed by atoms with Gasteiger partial charge in [-0.3, -0.25) is 4.90 Å². The van der Waals surface area contributed by atoms with Gasteiger partial charge in [0.25, 0.3) is 0 Å². The number of benzene rings is 1. The van der Waals surface area contributed by atoms with E-state index in [9.17, 15) is 5.11 Å². The Labute approximate surface area is 130 Å². The lowest BCUT2D eigenvalue weighted by Gasteiger charge is -2.21. The summed E-state index contributed by atoms with van der Waals surface area (Å²) in [4.78, 5) is 6.76. The first-order valence-electron chi connectivity index (χ1n) is 7.03. The molecule has 1 N–H and O–H groups in total. The molecule has 1 heterocycles. The van der Waals surface area contributed by atoms with E-state index in [0.717, 1.165) is 28.7 Å². The number of rotatable bonds is 7. The SMILES string of the molecule is COCCN(CCO)Cc1nc2ccccc2c(C)c1Cl. The molecule has 0 fully saturated rings. The summed E-state index contributed by atoms with van der Waals surface area (Å²) < 4.78 is 5.10. The van der Waals surface area contributed by atoms with E-state index >= 15 is 0 Å². The van der Waals surface area contributed by atoms with Gasteiger partial charge in [0.05, 0.1) is 29.4 Å². The van der Waals surface area contributed by atoms with Gasteiger partial charge in [-0.2, -0.15) is 0 Å². The highest BCUT2D eigenvalue weighted by Gasteiger charge is 2.13. The van der Waals surface area contributed by atoms with Gasteiger partial charge in [0.2, 0.25) is 0 Å². The minimum Gasteiger partial charge on any atom is -0.395 e. The molecule has 1 aromatic carbocycles. The second-order valence-corrected chi connectivity index (χ2v) is 5.39. The summed E-state index contributed by atoms with van der Waals surface area (Å²) in [6.07, 6.45) is 0. The van der Waals surface area contributed by atoms with E-state index in [-0.39, 0.29) is 6.61 Å². The number of aliphatic hydroxyl groups is 1. The summed E-state index contributed by atoms with van der Waals surface area (Å²) in [6.45, 7) is 4.65. The molecule has 0 aliphatic carbocycles. The van der Waals surface area contributed by atoms with Crippen molar-refractivity contribution in [2.75, 3.05) is 33.4 Å². The first-order chi connectivity index (χ1) is 10.2. The van der Waals surface area contributed by atoms with E-state index in [1.54, 1.807) is 7.11 Å². The number of halogens is 1. The summed E-state index contributed by atoms with van der Waals surface area (Å²) in [5.74, 6) is 0. The van der Waals surface area contributed by atoms with Crippen LogP contribution in [-0.2, 0) is 11.3 Å². The van der Waals surface area contributed by atoms with Gasteiger partial charge >= 0.3 is 0 Å². The van der Waals surface area contributed by atoms with Crippen LogP contribution in [0.15, 0.2) is 24.3 Å². The number of ether oxygens (including phenoxy) is 1. The second-order valence-electron chi connectivity index (χ2n) is 5.01. The summed E-state index contributed by atoms with van der Waals surface area (Å²) in [6, 6.07) is 7.99. The Hall–Kier alpha value is -1.20. The molecule has 0 unspecified atom stereocenters. The molecular weight excluding hydrogens is 288 g/mol. The molecular formula is C16H21ClN2O2. The predicted octanol–water partition coefficient (Wildman–Crippen LogP) is 2.64. The van der Waals surface area contributed by atoms with Gasteiger partial charge in [0.1, 0.15) is 0 Å². The Morgan fingerprint density at radius 1 is 1.29 bits per heavy atom. The summed E-state index contributed by atoms with van der Waals surface area (Å²) in [7, 11) is 1.67. The maximum atomic E-state index is 9.17. The summed E-state index contributed by atoms with van der Waals surface area (Å²) >= 11 is 6.47. The number of fused-ring (bicyclic) bond motifs is 1. The average molecular weight is 309 g/mol. The molecule has 0 aliphatic rings. The van der Waals surface area contributed by atoms with Gasteiger partial charge in [-0.05, 0) is 18.6 Å². The zero-order valence-corrected chi connectivity index (χ0v) is 13.2. The van der Waals surface area contributed by atoms with Crippen molar-refractivity contribution in [3.05, 3.63) is 40.5 Å². The van der Waals surface area contributed by atoms with Crippen LogP contribution in [0.4, 0.5) is 0 Å². The number of aryl methyl sites for hydroxylation is 1. The van der Waals surface area contributed by atoms with Gasteiger partial charge in [0, 0.05) is 32.1 Å². The smallest absolute Gasteiger partial charge is 0.0740 e. The normalized spacial score (nSPS) is 11.5. The Kier molecular flexibility index (Phi) is 5.94. The molecule has 0 aliphatic heterocycles. The zero-order valence-electron chi connectivity index (χ0n) is 12.5. The van der Waals surface area contributed by atoms with Crippen LogP contribution in [0, 0.1) is 6.92 Å². The van der Waals surface area contributed by atoms with Crippen LogP contribution in [0.25, 0.3) is 10.9 Å². The Balaban J connectivity index is 2.29. The minimum absolute atomic E-state index is 0.105. The van der Waals surface area contributed by atoms with E-state index < -0.39 is 0 Å². The standard InChI is InChI=1S/C16H21ClN2O2/c1-12-13-5-3-4-6-14(13)18-15(16(12)17)11-19(7-9-20)8-10-21-2/h3-6,20H,7-11H2,1-2H3. The van der Waals surface area contributed by atoms with E-state index in [2.05, 4.69) is 9.88 Å². The molecule has 0 saturated heterocycles. The maximum Gasteiger partial charge on any atom is 0.0740 e. The van der Waals surface area contributed by atoms with E-state index in [4.69, 9.17) is 16.3 Å². The van der Waals surface area contributed by atoms with E-state index in [1.807, 2.05) is 31.2 Å². The third-order valence-corrected chi connectivity index (χ3v) is 4.05. The molecule has 4 nitrogen and oxygen atoms in total. The van der Waals surface area contributed by atoms with Gasteiger partial charge in [-0.25, -0.2) is 4.98 Å². The molecule has 0 amide bonds. The van der Waals surface area contributed by atoms with Crippen molar-refractivity contribution in [3.8, 4) is 0 Å². The van der Waals surface area contributed by atoms with Crippen molar-refractivity contribution in [1.29, 1.82) is 0 Å². The number of nitrogens with zero attached hydrogens (tertiary/aromatic N) is 2. The molecule has 0 radical (unpaired) electrons. The molecule has 1 aromatic heterocycles. The van der Waals surface area contributed by atoms with Crippen molar-refractivity contribution in [2.45, 2.75) is 13.5 Å². The number of aromatic nitrogens is 1. The van der Waals surface area contributed by atoms with Crippen molar-refractivity contribution < 1.29 is 9.84 Å². The largest absolute Gasteiger partial charge is 0.395 e. The average Bonchev–Trinajstić information content (AvgIpc) is 2.50. The van der Waals surface area contributed by atoms with Crippen LogP contribution in [0.5, 0.6) is 0 Å². The van der Waals surface area contributed by atoms with Gasteiger partial charge in [-0.1, -0.05) is 29.8 Å². The van der Waals surface area contributed by atoms with Crippen LogP contribution in [0.2, 0.25) is 5.02 Å². The number of aliphatic hydroxyl groups excluding tert-OH is 1. The first-order valence-corrected chi connectivity index (χ1v) is 7.41. The summed E-state index contributed by atoms with van der Waals surface area (Å²) in [5.41, 5.74) is 2.84. The highest BCUT2D eigenvalue weighted by Crippen LogP contribution is 2.27. The maximum absolute atomic E-state index is 9.17. The van der Waals surface area contributed by atoms with Crippen LogP contribution in [-0.4, -0.2) is 48.4 Å².